The second kappa shape index (κ2) is 4.81. The minimum absolute atomic E-state index is 0.414. The fourth-order valence-corrected chi connectivity index (χ4v) is 1.25. The van der Waals surface area contributed by atoms with Crippen LogP contribution in [0, 0.1) is 0 Å². The van der Waals surface area contributed by atoms with E-state index in [1.54, 1.807) is 11.8 Å². The summed E-state index contributed by atoms with van der Waals surface area (Å²) < 4.78 is 0. The second-order valence-electron chi connectivity index (χ2n) is 2.90. The van der Waals surface area contributed by atoms with Gasteiger partial charge in [0, 0.05) is 32.7 Å². The van der Waals surface area contributed by atoms with Gasteiger partial charge in [-0.25, -0.2) is 0 Å². The van der Waals surface area contributed by atoms with Crippen LogP contribution in [0.4, 0.5) is 0 Å². The number of hydrogen-bond acceptors (Lipinski definition) is 3. The minimum Gasteiger partial charge on any atom is -0.348 e. The van der Waals surface area contributed by atoms with Gasteiger partial charge in [-0.3, -0.25) is 9.59 Å². The van der Waals surface area contributed by atoms with Gasteiger partial charge in [0.1, 0.15) is 0 Å². The Hall–Kier alpha value is -1.10. The second-order valence-corrected chi connectivity index (χ2v) is 2.90. The molecule has 0 spiro atoms. The summed E-state index contributed by atoms with van der Waals surface area (Å²) in [6, 6.07) is 0. The predicted molar refractivity (Wildman–Crippen MR) is 48.1 cm³/mol. The Morgan fingerprint density at radius 1 is 1.38 bits per heavy atom. The Labute approximate surface area is 77.5 Å². The van der Waals surface area contributed by atoms with E-state index in [1.807, 2.05) is 0 Å². The van der Waals surface area contributed by atoms with Crippen molar-refractivity contribution in [2.75, 3.05) is 32.7 Å². The van der Waals surface area contributed by atoms with Gasteiger partial charge >= 0.3 is 11.8 Å². The summed E-state index contributed by atoms with van der Waals surface area (Å²) in [5.41, 5.74) is 0. The largest absolute Gasteiger partial charge is 0.348 e. The van der Waals surface area contributed by atoms with Gasteiger partial charge in [-0.05, 0) is 6.92 Å². The first-order valence-corrected chi connectivity index (χ1v) is 4.53. The molecule has 1 saturated heterocycles. The van der Waals surface area contributed by atoms with Crippen LogP contribution in [0.15, 0.2) is 0 Å². The van der Waals surface area contributed by atoms with E-state index in [1.165, 1.54) is 0 Å². The molecule has 1 rings (SSSR count). The molecule has 0 aromatic heterocycles. The van der Waals surface area contributed by atoms with Crippen LogP contribution in [0.2, 0.25) is 0 Å². The van der Waals surface area contributed by atoms with Gasteiger partial charge in [-0.15, -0.1) is 0 Å². The molecule has 5 nitrogen and oxygen atoms in total. The van der Waals surface area contributed by atoms with Crippen LogP contribution in [0.25, 0.3) is 0 Å². The highest BCUT2D eigenvalue weighted by atomic mass is 16.2. The highest BCUT2D eigenvalue weighted by Gasteiger charge is 2.21. The fourth-order valence-electron chi connectivity index (χ4n) is 1.25. The summed E-state index contributed by atoms with van der Waals surface area (Å²) in [5, 5.41) is 5.61. The third kappa shape index (κ3) is 2.69. The lowest BCUT2D eigenvalue weighted by Gasteiger charge is -2.26. The van der Waals surface area contributed by atoms with Crippen molar-refractivity contribution in [3.63, 3.8) is 0 Å². The summed E-state index contributed by atoms with van der Waals surface area (Å²) >= 11 is 0. The smallest absolute Gasteiger partial charge is 0.311 e. The molecule has 0 unspecified atom stereocenters. The van der Waals surface area contributed by atoms with Crippen molar-refractivity contribution < 1.29 is 9.59 Å². The highest BCUT2D eigenvalue weighted by molar-refractivity contribution is 6.35. The summed E-state index contributed by atoms with van der Waals surface area (Å²) in [5.74, 6) is -0.909. The number of nitrogens with one attached hydrogen (secondary N) is 2. The van der Waals surface area contributed by atoms with E-state index in [2.05, 4.69) is 10.6 Å². The zero-order chi connectivity index (χ0) is 9.68. The number of carbonyl (C=O) groups excluding carboxylic acids is 2. The van der Waals surface area contributed by atoms with Gasteiger partial charge in [-0.2, -0.15) is 0 Å². The molecule has 2 N–H and O–H groups in total. The third-order valence-corrected chi connectivity index (χ3v) is 1.94. The number of carbonyl (C=O) groups is 2. The number of amides is 2. The average molecular weight is 185 g/mol. The summed E-state index contributed by atoms with van der Waals surface area (Å²) in [6.45, 7) is 5.07. The van der Waals surface area contributed by atoms with Gasteiger partial charge in [0.05, 0.1) is 0 Å². The van der Waals surface area contributed by atoms with Gasteiger partial charge in [0.15, 0.2) is 0 Å². The molecule has 0 atom stereocenters. The third-order valence-electron chi connectivity index (χ3n) is 1.94. The SMILES string of the molecule is CCNC(=O)C(=O)N1CCNCC1. The molecule has 2 amide bonds. The lowest BCUT2D eigenvalue weighted by atomic mass is 10.3. The van der Waals surface area contributed by atoms with Gasteiger partial charge in [0.2, 0.25) is 0 Å². The number of hydrogen-bond donors (Lipinski definition) is 2. The molecule has 0 aromatic carbocycles. The molecule has 0 aromatic rings. The number of piperazine rings is 1. The van der Waals surface area contributed by atoms with Gasteiger partial charge in [0.25, 0.3) is 0 Å². The first kappa shape index (κ1) is 9.98. The standard InChI is InChI=1S/C8H15N3O2/c1-2-10-7(12)8(13)11-5-3-9-4-6-11/h9H,2-6H2,1H3,(H,10,12). The summed E-state index contributed by atoms with van der Waals surface area (Å²) in [7, 11) is 0. The molecule has 0 bridgehead atoms. The van der Waals surface area contributed by atoms with Crippen LogP contribution in [0.5, 0.6) is 0 Å². The molecule has 1 heterocycles. The molecular weight excluding hydrogens is 170 g/mol. The topological polar surface area (TPSA) is 61.4 Å². The van der Waals surface area contributed by atoms with E-state index in [4.69, 9.17) is 0 Å². The minimum atomic E-state index is -0.496. The Kier molecular flexibility index (Phi) is 3.70. The van der Waals surface area contributed by atoms with Crippen molar-refractivity contribution in [1.29, 1.82) is 0 Å². The first-order valence-electron chi connectivity index (χ1n) is 4.53. The fraction of sp³-hybridized carbons (Fsp3) is 0.750. The first-order chi connectivity index (χ1) is 6.25. The molecule has 1 aliphatic heterocycles. The van der Waals surface area contributed by atoms with Crippen molar-refractivity contribution in [1.82, 2.24) is 15.5 Å². The van der Waals surface area contributed by atoms with Crippen LogP contribution in [-0.4, -0.2) is 49.4 Å². The van der Waals surface area contributed by atoms with Crippen LogP contribution in [-0.2, 0) is 9.59 Å². The zero-order valence-corrected chi connectivity index (χ0v) is 7.80. The lowest BCUT2D eigenvalue weighted by Crippen LogP contribution is -2.51. The van der Waals surface area contributed by atoms with Crippen LogP contribution in [0.1, 0.15) is 6.92 Å². The van der Waals surface area contributed by atoms with Crippen molar-refractivity contribution in [2.24, 2.45) is 0 Å². The van der Waals surface area contributed by atoms with Gasteiger partial charge in [-0.1, -0.05) is 0 Å². The Balaban J connectivity index is 2.40. The lowest BCUT2D eigenvalue weighted by molar-refractivity contribution is -0.146. The predicted octanol–water partition coefficient (Wildman–Crippen LogP) is -1.45. The van der Waals surface area contributed by atoms with E-state index in [9.17, 15) is 9.59 Å². The molecular formula is C8H15N3O2. The molecule has 74 valence electrons. The van der Waals surface area contributed by atoms with Crippen molar-refractivity contribution in [3.8, 4) is 0 Å². The van der Waals surface area contributed by atoms with Crippen molar-refractivity contribution in [2.45, 2.75) is 6.92 Å². The Bertz CT molecular complexity index is 200. The molecule has 0 saturated carbocycles. The van der Waals surface area contributed by atoms with E-state index >= 15 is 0 Å². The molecule has 0 radical (unpaired) electrons. The zero-order valence-electron chi connectivity index (χ0n) is 7.80. The molecule has 13 heavy (non-hydrogen) atoms. The highest BCUT2D eigenvalue weighted by Crippen LogP contribution is 1.92. The summed E-state index contributed by atoms with van der Waals surface area (Å²) in [4.78, 5) is 24.1. The summed E-state index contributed by atoms with van der Waals surface area (Å²) in [6.07, 6.45) is 0. The molecule has 0 aliphatic carbocycles. The Morgan fingerprint density at radius 3 is 2.54 bits per heavy atom. The average Bonchev–Trinajstić information content (AvgIpc) is 2.18. The normalized spacial score (nSPS) is 16.8. The van der Waals surface area contributed by atoms with Gasteiger partial charge < -0.3 is 15.5 Å². The molecule has 1 fully saturated rings. The van der Waals surface area contributed by atoms with E-state index < -0.39 is 11.8 Å². The van der Waals surface area contributed by atoms with E-state index in [-0.39, 0.29) is 0 Å². The van der Waals surface area contributed by atoms with Crippen LogP contribution >= 0.6 is 0 Å². The van der Waals surface area contributed by atoms with E-state index in [0.29, 0.717) is 19.6 Å². The van der Waals surface area contributed by atoms with Crippen molar-refractivity contribution in [3.05, 3.63) is 0 Å². The number of nitrogens with zero attached hydrogens (tertiary/aromatic N) is 1. The van der Waals surface area contributed by atoms with Crippen LogP contribution < -0.4 is 10.6 Å². The molecule has 5 heteroatoms. The molecule has 1 aliphatic rings. The quantitative estimate of drug-likeness (QED) is 0.492. The maximum absolute atomic E-state index is 11.4. The van der Waals surface area contributed by atoms with Crippen molar-refractivity contribution >= 4 is 11.8 Å². The number of likely N-dealkylation sites (N-methyl/N-ethyl adjacent to an activating group) is 1. The maximum Gasteiger partial charge on any atom is 0.311 e. The number of rotatable bonds is 1. The van der Waals surface area contributed by atoms with Crippen LogP contribution in [0.3, 0.4) is 0 Å². The van der Waals surface area contributed by atoms with E-state index in [0.717, 1.165) is 13.1 Å². The Morgan fingerprint density at radius 2 is 2.00 bits per heavy atom. The monoisotopic (exact) mass is 185 g/mol. The maximum atomic E-state index is 11.4.